The van der Waals surface area contributed by atoms with Crippen LogP contribution in [0.3, 0.4) is 0 Å². The number of nitro benzene ring substituents is 1. The van der Waals surface area contributed by atoms with Crippen molar-refractivity contribution in [1.29, 1.82) is 0 Å². The molecule has 0 aliphatic carbocycles. The first-order valence-corrected chi connectivity index (χ1v) is 7.19. The molecule has 3 rings (SSSR count). The van der Waals surface area contributed by atoms with Gasteiger partial charge >= 0.3 is 5.97 Å². The molecule has 8 heteroatoms. The van der Waals surface area contributed by atoms with Crippen molar-refractivity contribution in [2.24, 2.45) is 0 Å². The van der Waals surface area contributed by atoms with Crippen LogP contribution < -0.4 is 0 Å². The third-order valence-electron chi connectivity index (χ3n) is 3.90. The van der Waals surface area contributed by atoms with Crippen LogP contribution in [0, 0.1) is 10.1 Å². The molecule has 24 heavy (non-hydrogen) atoms. The number of benzene rings is 2. The summed E-state index contributed by atoms with van der Waals surface area (Å²) in [5.41, 5.74) is 0.139. The second kappa shape index (κ2) is 5.73. The number of aliphatic carboxylic acids is 1. The first kappa shape index (κ1) is 15.6. The Labute approximate surface area is 135 Å². The third-order valence-corrected chi connectivity index (χ3v) is 3.90. The number of amides is 2. The lowest BCUT2D eigenvalue weighted by molar-refractivity contribution is -0.384. The van der Waals surface area contributed by atoms with Crippen LogP contribution in [0.2, 0.25) is 0 Å². The summed E-state index contributed by atoms with van der Waals surface area (Å²) < 4.78 is 0. The van der Waals surface area contributed by atoms with E-state index >= 15 is 0 Å². The molecule has 0 spiro atoms. The van der Waals surface area contributed by atoms with Gasteiger partial charge in [0.1, 0.15) is 0 Å². The van der Waals surface area contributed by atoms with Crippen molar-refractivity contribution in [2.75, 3.05) is 6.54 Å². The van der Waals surface area contributed by atoms with Gasteiger partial charge in [0.05, 0.1) is 10.5 Å². The van der Waals surface area contributed by atoms with E-state index in [-0.39, 0.29) is 36.2 Å². The minimum Gasteiger partial charge on any atom is -0.481 e. The quantitative estimate of drug-likeness (QED) is 0.511. The molecule has 0 fully saturated rings. The van der Waals surface area contributed by atoms with Crippen LogP contribution in [-0.2, 0) is 4.79 Å². The van der Waals surface area contributed by atoms with Crippen molar-refractivity contribution < 1.29 is 24.4 Å². The fourth-order valence-electron chi connectivity index (χ4n) is 2.84. The minimum absolute atomic E-state index is 0.0531. The first-order valence-electron chi connectivity index (χ1n) is 7.19. The van der Waals surface area contributed by atoms with Crippen LogP contribution in [0.5, 0.6) is 0 Å². The number of carboxylic acids is 1. The van der Waals surface area contributed by atoms with Gasteiger partial charge in [-0.15, -0.1) is 0 Å². The molecule has 1 heterocycles. The number of nitro groups is 1. The number of imide groups is 1. The van der Waals surface area contributed by atoms with Gasteiger partial charge in [0, 0.05) is 36.0 Å². The van der Waals surface area contributed by atoms with Gasteiger partial charge < -0.3 is 5.11 Å². The minimum atomic E-state index is -1.02. The first-order chi connectivity index (χ1) is 11.4. The predicted octanol–water partition coefficient (Wildman–Crippen LogP) is 2.21. The summed E-state index contributed by atoms with van der Waals surface area (Å²) in [5.74, 6) is -2.18. The summed E-state index contributed by atoms with van der Waals surface area (Å²) in [6.45, 7) is -0.0531. The Morgan fingerprint density at radius 2 is 1.88 bits per heavy atom. The fourth-order valence-corrected chi connectivity index (χ4v) is 2.84. The number of nitrogens with zero attached hydrogens (tertiary/aromatic N) is 2. The number of rotatable bonds is 5. The maximum atomic E-state index is 12.6. The number of carbonyl (C=O) groups excluding carboxylic acids is 2. The molecule has 2 amide bonds. The van der Waals surface area contributed by atoms with E-state index in [1.807, 2.05) is 0 Å². The second-order valence-corrected chi connectivity index (χ2v) is 5.41. The molecule has 0 saturated carbocycles. The highest BCUT2D eigenvalue weighted by molar-refractivity contribution is 6.25. The summed E-state index contributed by atoms with van der Waals surface area (Å²) in [6, 6.07) is 7.23. The van der Waals surface area contributed by atoms with E-state index in [4.69, 9.17) is 5.11 Å². The van der Waals surface area contributed by atoms with E-state index in [0.29, 0.717) is 10.8 Å². The molecule has 0 radical (unpaired) electrons. The lowest BCUT2D eigenvalue weighted by Gasteiger charge is -2.26. The van der Waals surface area contributed by atoms with Crippen LogP contribution in [0.25, 0.3) is 10.8 Å². The van der Waals surface area contributed by atoms with Gasteiger partial charge in [-0.05, 0) is 17.9 Å². The maximum absolute atomic E-state index is 12.6. The number of hydrogen-bond donors (Lipinski definition) is 1. The highest BCUT2D eigenvalue weighted by Gasteiger charge is 2.33. The van der Waals surface area contributed by atoms with Crippen LogP contribution in [-0.4, -0.2) is 39.3 Å². The molecule has 0 unspecified atom stereocenters. The number of hydrogen-bond acceptors (Lipinski definition) is 5. The largest absolute Gasteiger partial charge is 0.481 e. The maximum Gasteiger partial charge on any atom is 0.303 e. The van der Waals surface area contributed by atoms with E-state index in [1.54, 1.807) is 18.2 Å². The molecule has 1 aliphatic rings. The van der Waals surface area contributed by atoms with Crippen molar-refractivity contribution >= 4 is 34.2 Å². The zero-order valence-electron chi connectivity index (χ0n) is 12.4. The Morgan fingerprint density at radius 1 is 1.17 bits per heavy atom. The van der Waals surface area contributed by atoms with Crippen LogP contribution in [0.1, 0.15) is 33.6 Å². The molecule has 2 aromatic carbocycles. The van der Waals surface area contributed by atoms with Gasteiger partial charge in [0.15, 0.2) is 0 Å². The van der Waals surface area contributed by atoms with E-state index in [1.165, 1.54) is 6.07 Å². The molecule has 0 bridgehead atoms. The zero-order valence-corrected chi connectivity index (χ0v) is 12.4. The lowest BCUT2D eigenvalue weighted by atomic mass is 9.93. The Hall–Kier alpha value is -3.29. The average Bonchev–Trinajstić information content (AvgIpc) is 2.54. The third kappa shape index (κ3) is 2.47. The highest BCUT2D eigenvalue weighted by atomic mass is 16.6. The summed E-state index contributed by atoms with van der Waals surface area (Å²) in [5, 5.41) is 20.6. The Bertz CT molecular complexity index is 905. The van der Waals surface area contributed by atoms with Crippen molar-refractivity contribution in [2.45, 2.75) is 12.8 Å². The predicted molar refractivity (Wildman–Crippen MR) is 82.8 cm³/mol. The van der Waals surface area contributed by atoms with Gasteiger partial charge in [-0.25, -0.2) is 0 Å². The summed E-state index contributed by atoms with van der Waals surface area (Å²) >= 11 is 0. The summed E-state index contributed by atoms with van der Waals surface area (Å²) in [6.07, 6.45) is -0.0594. The van der Waals surface area contributed by atoms with Gasteiger partial charge in [0.2, 0.25) is 0 Å². The van der Waals surface area contributed by atoms with Crippen molar-refractivity contribution in [3.63, 3.8) is 0 Å². The fraction of sp³-hybridized carbons (Fsp3) is 0.188. The molecule has 0 aromatic heterocycles. The van der Waals surface area contributed by atoms with Gasteiger partial charge in [-0.2, -0.15) is 0 Å². The Kier molecular flexibility index (Phi) is 3.72. The van der Waals surface area contributed by atoms with Crippen molar-refractivity contribution in [3.8, 4) is 0 Å². The highest BCUT2D eigenvalue weighted by Crippen LogP contribution is 2.33. The molecule has 0 saturated heterocycles. The van der Waals surface area contributed by atoms with Crippen LogP contribution in [0.4, 0.5) is 5.69 Å². The molecule has 8 nitrogen and oxygen atoms in total. The molecular formula is C16H12N2O6. The Balaban J connectivity index is 2.10. The molecular weight excluding hydrogens is 316 g/mol. The molecule has 2 aromatic rings. The SMILES string of the molecule is O=C(O)CCCN1C(=O)c2cccc3cc([N+](=O)[O-])cc(c23)C1=O. The number of non-ortho nitro benzene ring substituents is 1. The topological polar surface area (TPSA) is 118 Å². The van der Waals surface area contributed by atoms with Crippen molar-refractivity contribution in [1.82, 2.24) is 4.90 Å². The number of carboxylic acid groups (broad SMARTS) is 1. The molecule has 1 N–H and O–H groups in total. The molecule has 0 atom stereocenters. The van der Waals surface area contributed by atoms with Gasteiger partial charge in [0.25, 0.3) is 17.5 Å². The van der Waals surface area contributed by atoms with E-state index < -0.39 is 22.7 Å². The summed E-state index contributed by atoms with van der Waals surface area (Å²) in [7, 11) is 0. The Morgan fingerprint density at radius 3 is 2.54 bits per heavy atom. The van der Waals surface area contributed by atoms with E-state index in [2.05, 4.69) is 0 Å². The average molecular weight is 328 g/mol. The second-order valence-electron chi connectivity index (χ2n) is 5.41. The van der Waals surface area contributed by atoms with E-state index in [9.17, 15) is 24.5 Å². The van der Waals surface area contributed by atoms with Gasteiger partial charge in [-0.1, -0.05) is 12.1 Å². The van der Waals surface area contributed by atoms with Crippen LogP contribution in [0.15, 0.2) is 30.3 Å². The van der Waals surface area contributed by atoms with Gasteiger partial charge in [-0.3, -0.25) is 29.4 Å². The smallest absolute Gasteiger partial charge is 0.303 e. The number of carbonyl (C=O) groups is 3. The summed E-state index contributed by atoms with van der Waals surface area (Å²) in [4.78, 5) is 47.2. The monoisotopic (exact) mass is 328 g/mol. The molecule has 1 aliphatic heterocycles. The zero-order chi connectivity index (χ0) is 17.4. The van der Waals surface area contributed by atoms with Crippen LogP contribution >= 0.6 is 0 Å². The normalized spacial score (nSPS) is 13.4. The standard InChI is InChI=1S/C16H12N2O6/c19-13(20)5-2-6-17-15(21)11-4-1-3-9-7-10(18(23)24)8-12(14(9)11)16(17)22/h1,3-4,7-8H,2,5-6H2,(H,19,20). The van der Waals surface area contributed by atoms with E-state index in [0.717, 1.165) is 11.0 Å². The molecule has 122 valence electrons. The van der Waals surface area contributed by atoms with Crippen molar-refractivity contribution in [3.05, 3.63) is 51.6 Å². The lowest BCUT2D eigenvalue weighted by Crippen LogP contribution is -2.41.